The molecule has 2 fully saturated rings. The third kappa shape index (κ3) is 2.94. The Morgan fingerprint density at radius 1 is 1.43 bits per heavy atom. The summed E-state index contributed by atoms with van der Waals surface area (Å²) in [4.78, 5) is 30.5. The van der Waals surface area contributed by atoms with Crippen LogP contribution in [0.3, 0.4) is 0 Å². The van der Waals surface area contributed by atoms with Gasteiger partial charge in [0.2, 0.25) is 0 Å². The zero-order valence-corrected chi connectivity index (χ0v) is 12.4. The molecule has 0 N–H and O–H groups in total. The molecule has 5 nitrogen and oxygen atoms in total. The lowest BCUT2D eigenvalue weighted by atomic mass is 9.95. The van der Waals surface area contributed by atoms with Gasteiger partial charge in [-0.1, -0.05) is 11.6 Å². The van der Waals surface area contributed by atoms with Crippen molar-refractivity contribution in [2.24, 2.45) is 5.92 Å². The molecule has 112 valence electrons. The molecule has 1 saturated carbocycles. The maximum atomic E-state index is 12.6. The third-order valence-corrected chi connectivity index (χ3v) is 4.41. The Morgan fingerprint density at radius 3 is 2.95 bits per heavy atom. The Bertz CT molecular complexity index is 546. The van der Waals surface area contributed by atoms with E-state index in [2.05, 4.69) is 4.98 Å². The first kappa shape index (κ1) is 14.5. The molecule has 2 heterocycles. The van der Waals surface area contributed by atoms with Gasteiger partial charge in [-0.2, -0.15) is 0 Å². The molecule has 1 aromatic heterocycles. The van der Waals surface area contributed by atoms with Crippen molar-refractivity contribution in [2.45, 2.75) is 25.3 Å². The topological polar surface area (TPSA) is 59.5 Å². The molecule has 0 spiro atoms. The zero-order chi connectivity index (χ0) is 14.8. The molecule has 3 rings (SSSR count). The van der Waals surface area contributed by atoms with Gasteiger partial charge in [0.1, 0.15) is 11.5 Å². The predicted octanol–water partition coefficient (Wildman–Crippen LogP) is 1.95. The maximum Gasteiger partial charge on any atom is 0.272 e. The number of carbonyl (C=O) groups excluding carboxylic acids is 2. The average Bonchev–Trinajstić information content (AvgIpc) is 2.93. The van der Waals surface area contributed by atoms with Crippen LogP contribution >= 0.6 is 11.6 Å². The number of Topliss-reactive ketones (excluding diaryl/α,β-unsaturated/α-hetero) is 1. The van der Waals surface area contributed by atoms with Crippen LogP contribution in [0.5, 0.6) is 0 Å². The Balaban J connectivity index is 1.81. The monoisotopic (exact) mass is 308 g/mol. The molecule has 21 heavy (non-hydrogen) atoms. The van der Waals surface area contributed by atoms with Crippen LogP contribution in [0, 0.1) is 5.92 Å². The fourth-order valence-corrected chi connectivity index (χ4v) is 3.22. The fraction of sp³-hybridized carbons (Fsp3) is 0.533. The highest BCUT2D eigenvalue weighted by Gasteiger charge is 2.39. The van der Waals surface area contributed by atoms with Gasteiger partial charge in [-0.3, -0.25) is 9.59 Å². The number of hydrogen-bond acceptors (Lipinski definition) is 4. The van der Waals surface area contributed by atoms with Crippen LogP contribution in [-0.4, -0.2) is 47.4 Å². The normalized spacial score (nSPS) is 26.1. The molecular weight excluding hydrogens is 292 g/mol. The van der Waals surface area contributed by atoms with E-state index in [1.807, 2.05) is 0 Å². The Hall–Kier alpha value is -1.46. The zero-order valence-electron chi connectivity index (χ0n) is 11.6. The average molecular weight is 309 g/mol. The number of hydrogen-bond donors (Lipinski definition) is 0. The summed E-state index contributed by atoms with van der Waals surface area (Å²) >= 11 is 5.80. The number of carbonyl (C=O) groups is 2. The second kappa shape index (κ2) is 6.12. The maximum absolute atomic E-state index is 12.6. The molecule has 0 bridgehead atoms. The quantitative estimate of drug-likeness (QED) is 0.838. The second-order valence-electron chi connectivity index (χ2n) is 5.47. The van der Waals surface area contributed by atoms with Crippen molar-refractivity contribution in [1.82, 2.24) is 9.88 Å². The van der Waals surface area contributed by atoms with E-state index in [9.17, 15) is 9.59 Å². The molecular formula is C15H17ClN2O3. The van der Waals surface area contributed by atoms with E-state index < -0.39 is 0 Å². The minimum Gasteiger partial charge on any atom is -0.377 e. The predicted molar refractivity (Wildman–Crippen MR) is 77.2 cm³/mol. The van der Waals surface area contributed by atoms with Crippen molar-refractivity contribution in [3.63, 3.8) is 0 Å². The van der Waals surface area contributed by atoms with E-state index in [-0.39, 0.29) is 23.7 Å². The lowest BCUT2D eigenvalue weighted by Crippen LogP contribution is -2.53. The molecule has 1 aliphatic heterocycles. The number of pyridine rings is 1. The summed E-state index contributed by atoms with van der Waals surface area (Å²) in [6, 6.07) is 3.10. The van der Waals surface area contributed by atoms with Gasteiger partial charge in [0.25, 0.3) is 5.91 Å². The van der Waals surface area contributed by atoms with Crippen LogP contribution in [0.1, 0.15) is 29.8 Å². The van der Waals surface area contributed by atoms with E-state index in [4.69, 9.17) is 16.3 Å². The van der Waals surface area contributed by atoms with Crippen LogP contribution in [0.4, 0.5) is 0 Å². The molecule has 1 saturated heterocycles. The first-order chi connectivity index (χ1) is 10.2. The smallest absolute Gasteiger partial charge is 0.272 e. The lowest BCUT2D eigenvalue weighted by molar-refractivity contribution is -0.124. The highest BCUT2D eigenvalue weighted by molar-refractivity contribution is 6.30. The van der Waals surface area contributed by atoms with Gasteiger partial charge in [0, 0.05) is 25.1 Å². The molecule has 1 aromatic rings. The minimum absolute atomic E-state index is 0.0958. The van der Waals surface area contributed by atoms with E-state index >= 15 is 0 Å². The third-order valence-electron chi connectivity index (χ3n) is 4.19. The number of rotatable bonds is 2. The standard InChI is InChI=1S/C15H17ClN2O3/c16-10-4-5-12(17-8-10)15(20)18-6-7-21-9-13(18)11-2-1-3-14(11)19/h4-5,8,11,13H,1-3,6-7,9H2. The van der Waals surface area contributed by atoms with Gasteiger partial charge < -0.3 is 9.64 Å². The van der Waals surface area contributed by atoms with Crippen LogP contribution in [0.2, 0.25) is 5.02 Å². The molecule has 2 unspecified atom stereocenters. The van der Waals surface area contributed by atoms with Crippen LogP contribution < -0.4 is 0 Å². The number of aromatic nitrogens is 1. The first-order valence-electron chi connectivity index (χ1n) is 7.20. The van der Waals surface area contributed by atoms with E-state index in [0.29, 0.717) is 36.9 Å². The number of ketones is 1. The summed E-state index contributed by atoms with van der Waals surface area (Å²) in [5, 5.41) is 0.496. The van der Waals surface area contributed by atoms with Gasteiger partial charge in [-0.15, -0.1) is 0 Å². The molecule has 2 aliphatic rings. The van der Waals surface area contributed by atoms with Gasteiger partial charge >= 0.3 is 0 Å². The molecule has 1 amide bonds. The Kier molecular flexibility index (Phi) is 4.22. The summed E-state index contributed by atoms with van der Waals surface area (Å²) in [7, 11) is 0. The molecule has 1 aliphatic carbocycles. The summed E-state index contributed by atoms with van der Waals surface area (Å²) < 4.78 is 5.49. The first-order valence-corrected chi connectivity index (χ1v) is 7.57. The van der Waals surface area contributed by atoms with Crippen LogP contribution in [0.15, 0.2) is 18.3 Å². The highest BCUT2D eigenvalue weighted by Crippen LogP contribution is 2.29. The summed E-state index contributed by atoms with van der Waals surface area (Å²) in [5.41, 5.74) is 0.358. The van der Waals surface area contributed by atoms with Crippen molar-refractivity contribution >= 4 is 23.3 Å². The van der Waals surface area contributed by atoms with Crippen molar-refractivity contribution < 1.29 is 14.3 Å². The summed E-state index contributed by atoms with van der Waals surface area (Å²) in [5.74, 6) is -0.00594. The van der Waals surface area contributed by atoms with Crippen molar-refractivity contribution in [1.29, 1.82) is 0 Å². The lowest BCUT2D eigenvalue weighted by Gasteiger charge is -2.38. The minimum atomic E-state index is -0.168. The number of halogens is 1. The summed E-state index contributed by atoms with van der Waals surface area (Å²) in [6.07, 6.45) is 3.82. The van der Waals surface area contributed by atoms with Crippen molar-refractivity contribution in [3.8, 4) is 0 Å². The summed E-state index contributed by atoms with van der Waals surface area (Å²) in [6.45, 7) is 1.42. The second-order valence-corrected chi connectivity index (χ2v) is 5.90. The number of ether oxygens (including phenoxy) is 1. The van der Waals surface area contributed by atoms with Crippen LogP contribution in [0.25, 0.3) is 0 Å². The Morgan fingerprint density at radius 2 is 2.29 bits per heavy atom. The van der Waals surface area contributed by atoms with E-state index in [1.165, 1.54) is 6.20 Å². The largest absolute Gasteiger partial charge is 0.377 e. The van der Waals surface area contributed by atoms with Gasteiger partial charge in [0.15, 0.2) is 0 Å². The molecule has 6 heteroatoms. The molecule has 2 atom stereocenters. The van der Waals surface area contributed by atoms with Gasteiger partial charge in [-0.05, 0) is 25.0 Å². The van der Waals surface area contributed by atoms with Gasteiger partial charge in [0.05, 0.1) is 24.3 Å². The van der Waals surface area contributed by atoms with Gasteiger partial charge in [-0.25, -0.2) is 4.98 Å². The molecule has 0 radical (unpaired) electrons. The fourth-order valence-electron chi connectivity index (χ4n) is 3.11. The van der Waals surface area contributed by atoms with Crippen LogP contribution in [-0.2, 0) is 9.53 Å². The van der Waals surface area contributed by atoms with E-state index in [1.54, 1.807) is 17.0 Å². The Labute approximate surface area is 128 Å². The van der Waals surface area contributed by atoms with Crippen molar-refractivity contribution in [2.75, 3.05) is 19.8 Å². The highest BCUT2D eigenvalue weighted by atomic mass is 35.5. The molecule has 0 aromatic carbocycles. The number of nitrogens with zero attached hydrogens (tertiary/aromatic N) is 2. The van der Waals surface area contributed by atoms with E-state index in [0.717, 1.165) is 12.8 Å². The SMILES string of the molecule is O=C1CCCC1C1COCCN1C(=O)c1ccc(Cl)cn1. The number of amides is 1. The number of morpholine rings is 1. The van der Waals surface area contributed by atoms with Crippen molar-refractivity contribution in [3.05, 3.63) is 29.0 Å².